The van der Waals surface area contributed by atoms with E-state index in [0.29, 0.717) is 0 Å². The highest BCUT2D eigenvalue weighted by Crippen LogP contribution is 2.20. The summed E-state index contributed by atoms with van der Waals surface area (Å²) >= 11 is 0. The average molecular weight is 347 g/mol. The summed E-state index contributed by atoms with van der Waals surface area (Å²) in [6.45, 7) is -0.248. The molecule has 0 amide bonds. The van der Waals surface area contributed by atoms with Gasteiger partial charge in [-0.2, -0.15) is 0 Å². The minimum absolute atomic E-state index is 0.00927. The average Bonchev–Trinajstić information content (AvgIpc) is 2.59. The van der Waals surface area contributed by atoms with Crippen LogP contribution in [0.3, 0.4) is 0 Å². The summed E-state index contributed by atoms with van der Waals surface area (Å²) < 4.78 is 27.6. The van der Waals surface area contributed by atoms with Crippen molar-refractivity contribution in [3.05, 3.63) is 80.4 Å². The van der Waals surface area contributed by atoms with Crippen LogP contribution in [0.1, 0.15) is 11.7 Å². The van der Waals surface area contributed by atoms with Crippen molar-refractivity contribution in [3.8, 4) is 0 Å². The Morgan fingerprint density at radius 2 is 1.96 bits per heavy atom. The minimum Gasteiger partial charge on any atom is -0.387 e. The Bertz CT molecular complexity index is 1040. The van der Waals surface area contributed by atoms with Crippen molar-refractivity contribution >= 4 is 16.6 Å². The molecular weight excluding hydrogens is 336 g/mol. The highest BCUT2D eigenvalue weighted by molar-refractivity contribution is 5.77. The second-order valence-electron chi connectivity index (χ2n) is 5.35. The third-order valence-electron chi connectivity index (χ3n) is 3.70. The van der Waals surface area contributed by atoms with Crippen LogP contribution in [-0.4, -0.2) is 19.6 Å². The van der Waals surface area contributed by atoms with E-state index < -0.39 is 28.2 Å². The van der Waals surface area contributed by atoms with E-state index in [-0.39, 0.29) is 28.7 Å². The summed E-state index contributed by atoms with van der Waals surface area (Å²) in [6, 6.07) is 6.92. The van der Waals surface area contributed by atoms with Crippen LogP contribution in [0.5, 0.6) is 0 Å². The van der Waals surface area contributed by atoms with E-state index in [4.69, 9.17) is 0 Å². The molecule has 3 rings (SSSR count). The lowest BCUT2D eigenvalue weighted by Crippen LogP contribution is -2.24. The Morgan fingerprint density at radius 3 is 2.68 bits per heavy atom. The van der Waals surface area contributed by atoms with Gasteiger partial charge in [-0.3, -0.25) is 19.5 Å². The molecule has 9 heteroatoms. The molecular formula is C16H11F2N3O4. The van der Waals surface area contributed by atoms with Gasteiger partial charge in [-0.1, -0.05) is 12.1 Å². The van der Waals surface area contributed by atoms with Crippen LogP contribution in [0.25, 0.3) is 10.9 Å². The number of non-ortho nitro benzene ring substituents is 1. The van der Waals surface area contributed by atoms with Gasteiger partial charge in [0.05, 0.1) is 34.8 Å². The molecule has 1 heterocycles. The molecule has 0 saturated carbocycles. The van der Waals surface area contributed by atoms with Crippen molar-refractivity contribution in [1.82, 2.24) is 9.55 Å². The van der Waals surface area contributed by atoms with E-state index >= 15 is 0 Å². The summed E-state index contributed by atoms with van der Waals surface area (Å²) in [5.41, 5.74) is -0.622. The van der Waals surface area contributed by atoms with Gasteiger partial charge in [-0.25, -0.2) is 13.8 Å². The number of hydrogen-bond donors (Lipinski definition) is 1. The zero-order valence-corrected chi connectivity index (χ0v) is 12.6. The van der Waals surface area contributed by atoms with Crippen molar-refractivity contribution in [1.29, 1.82) is 0 Å². The fraction of sp³-hybridized carbons (Fsp3) is 0.125. The lowest BCUT2D eigenvalue weighted by Gasteiger charge is -2.13. The summed E-state index contributed by atoms with van der Waals surface area (Å²) in [6.07, 6.45) is -0.120. The molecule has 0 aliphatic heterocycles. The van der Waals surface area contributed by atoms with Crippen LogP contribution in [-0.2, 0) is 6.54 Å². The van der Waals surface area contributed by atoms with Crippen LogP contribution < -0.4 is 5.56 Å². The molecule has 0 fully saturated rings. The largest absolute Gasteiger partial charge is 0.387 e. The van der Waals surface area contributed by atoms with Gasteiger partial charge in [-0.15, -0.1) is 0 Å². The van der Waals surface area contributed by atoms with Crippen molar-refractivity contribution < 1.29 is 18.8 Å². The number of aliphatic hydroxyl groups is 1. The van der Waals surface area contributed by atoms with Crippen molar-refractivity contribution in [3.63, 3.8) is 0 Å². The molecule has 7 nitrogen and oxygen atoms in total. The molecule has 0 spiro atoms. The molecule has 0 radical (unpaired) electrons. The molecule has 1 N–H and O–H groups in total. The van der Waals surface area contributed by atoms with Gasteiger partial charge in [0.1, 0.15) is 0 Å². The van der Waals surface area contributed by atoms with Gasteiger partial charge in [0, 0.05) is 18.2 Å². The fourth-order valence-corrected chi connectivity index (χ4v) is 2.42. The first-order valence-corrected chi connectivity index (χ1v) is 7.13. The van der Waals surface area contributed by atoms with Crippen LogP contribution in [0.15, 0.2) is 47.5 Å². The van der Waals surface area contributed by atoms with Crippen molar-refractivity contribution in [2.24, 2.45) is 0 Å². The summed E-state index contributed by atoms with van der Waals surface area (Å²) in [5.74, 6) is -2.29. The Balaban J connectivity index is 1.96. The molecule has 0 aliphatic carbocycles. The normalized spacial score (nSPS) is 12.3. The standard InChI is InChI=1S/C16H11F2N3O4/c17-12-5-11-14(6-13(12)18)19-8-20(16(11)23)7-15(22)9-2-1-3-10(4-9)21(24)25/h1-6,8,15,22H,7H2. The molecule has 3 aromatic rings. The number of aromatic nitrogens is 2. The van der Waals surface area contributed by atoms with Gasteiger partial charge in [0.25, 0.3) is 11.2 Å². The number of benzene rings is 2. The quantitative estimate of drug-likeness (QED) is 0.577. The first-order chi connectivity index (χ1) is 11.9. The number of rotatable bonds is 4. The third kappa shape index (κ3) is 3.22. The zero-order valence-electron chi connectivity index (χ0n) is 12.6. The number of halogens is 2. The summed E-state index contributed by atoms with van der Waals surface area (Å²) in [5, 5.41) is 20.9. The second kappa shape index (κ2) is 6.36. The van der Waals surface area contributed by atoms with Gasteiger partial charge in [-0.05, 0) is 11.6 Å². The van der Waals surface area contributed by atoms with Crippen LogP contribution in [0, 0.1) is 21.7 Å². The predicted molar refractivity (Wildman–Crippen MR) is 84.0 cm³/mol. The molecule has 0 saturated heterocycles. The maximum Gasteiger partial charge on any atom is 0.269 e. The van der Waals surface area contributed by atoms with E-state index in [1.54, 1.807) is 0 Å². The molecule has 0 aliphatic rings. The molecule has 1 aromatic heterocycles. The monoisotopic (exact) mass is 347 g/mol. The lowest BCUT2D eigenvalue weighted by atomic mass is 10.1. The van der Waals surface area contributed by atoms with E-state index in [2.05, 4.69) is 4.98 Å². The second-order valence-corrected chi connectivity index (χ2v) is 5.35. The Morgan fingerprint density at radius 1 is 1.24 bits per heavy atom. The van der Waals surface area contributed by atoms with E-state index in [1.165, 1.54) is 24.3 Å². The van der Waals surface area contributed by atoms with E-state index in [0.717, 1.165) is 23.0 Å². The van der Waals surface area contributed by atoms with Crippen LogP contribution in [0.2, 0.25) is 0 Å². The first-order valence-electron chi connectivity index (χ1n) is 7.13. The number of fused-ring (bicyclic) bond motifs is 1. The maximum absolute atomic E-state index is 13.3. The molecule has 1 unspecified atom stereocenters. The van der Waals surface area contributed by atoms with Gasteiger partial charge in [0.15, 0.2) is 11.6 Å². The summed E-state index contributed by atoms with van der Waals surface area (Å²) in [7, 11) is 0. The number of hydrogen-bond acceptors (Lipinski definition) is 5. The topological polar surface area (TPSA) is 98.3 Å². The van der Waals surface area contributed by atoms with E-state index in [9.17, 15) is 28.8 Å². The number of nitro benzene ring substituents is 1. The maximum atomic E-state index is 13.3. The highest BCUT2D eigenvalue weighted by Gasteiger charge is 2.15. The van der Waals surface area contributed by atoms with Crippen LogP contribution >= 0.6 is 0 Å². The molecule has 25 heavy (non-hydrogen) atoms. The Labute approximate surface area is 138 Å². The molecule has 1 atom stereocenters. The van der Waals surface area contributed by atoms with Crippen molar-refractivity contribution in [2.45, 2.75) is 12.6 Å². The lowest BCUT2D eigenvalue weighted by molar-refractivity contribution is -0.385. The van der Waals surface area contributed by atoms with Gasteiger partial charge < -0.3 is 5.11 Å². The third-order valence-corrected chi connectivity index (χ3v) is 3.70. The van der Waals surface area contributed by atoms with Crippen LogP contribution in [0.4, 0.5) is 14.5 Å². The number of nitrogens with zero attached hydrogens (tertiary/aromatic N) is 3. The first kappa shape index (κ1) is 16.7. The zero-order chi connectivity index (χ0) is 18.1. The highest BCUT2D eigenvalue weighted by atomic mass is 19.2. The smallest absolute Gasteiger partial charge is 0.269 e. The Kier molecular flexibility index (Phi) is 4.24. The van der Waals surface area contributed by atoms with Gasteiger partial charge >= 0.3 is 0 Å². The molecule has 2 aromatic carbocycles. The Hall–Kier alpha value is -3.20. The number of aliphatic hydroxyl groups excluding tert-OH is 1. The SMILES string of the molecule is O=c1c2cc(F)c(F)cc2ncn1CC(O)c1cccc([N+](=O)[O-])c1. The molecule has 0 bridgehead atoms. The van der Waals surface area contributed by atoms with E-state index in [1.807, 2.05) is 0 Å². The van der Waals surface area contributed by atoms with Gasteiger partial charge in [0.2, 0.25) is 0 Å². The fourth-order valence-electron chi connectivity index (χ4n) is 2.42. The van der Waals surface area contributed by atoms with Crippen molar-refractivity contribution in [2.75, 3.05) is 0 Å². The minimum atomic E-state index is -1.22. The summed E-state index contributed by atoms with van der Waals surface area (Å²) in [4.78, 5) is 26.4. The number of nitro groups is 1. The molecule has 128 valence electrons. The predicted octanol–water partition coefficient (Wildman–Crippen LogP) is 2.32.